The summed E-state index contributed by atoms with van der Waals surface area (Å²) in [6, 6.07) is 6.25. The molecule has 0 aliphatic rings. The number of rotatable bonds is 3. The van der Waals surface area contributed by atoms with Crippen LogP contribution in [-0.2, 0) is 0 Å². The molecular formula is C14H17FN4. The van der Waals surface area contributed by atoms with E-state index in [0.717, 1.165) is 22.3 Å². The van der Waals surface area contributed by atoms with Crippen molar-refractivity contribution in [2.24, 2.45) is 5.84 Å². The average Bonchev–Trinajstić information content (AvgIpc) is 2.32. The zero-order valence-corrected chi connectivity index (χ0v) is 10.9. The molecule has 0 amide bonds. The summed E-state index contributed by atoms with van der Waals surface area (Å²) < 4.78 is 13.5. The van der Waals surface area contributed by atoms with E-state index < -0.39 is 0 Å². The highest BCUT2D eigenvalue weighted by Gasteiger charge is 2.19. The van der Waals surface area contributed by atoms with Gasteiger partial charge >= 0.3 is 0 Å². The first-order chi connectivity index (χ1) is 9.02. The summed E-state index contributed by atoms with van der Waals surface area (Å²) in [5.74, 6) is 5.72. The van der Waals surface area contributed by atoms with Crippen molar-refractivity contribution in [1.29, 1.82) is 0 Å². The van der Waals surface area contributed by atoms with Crippen molar-refractivity contribution < 1.29 is 4.39 Å². The number of hydrogen-bond donors (Lipinski definition) is 3. The molecule has 2 aromatic rings. The van der Waals surface area contributed by atoms with E-state index in [9.17, 15) is 4.39 Å². The Bertz CT molecular complexity index is 557. The van der Waals surface area contributed by atoms with Crippen LogP contribution in [0.1, 0.15) is 28.3 Å². The molecule has 0 saturated carbocycles. The molecule has 0 fully saturated rings. The van der Waals surface area contributed by atoms with Crippen LogP contribution in [0.4, 0.5) is 10.2 Å². The number of halogens is 1. The van der Waals surface area contributed by atoms with Gasteiger partial charge in [-0.2, -0.15) is 0 Å². The fourth-order valence-corrected chi connectivity index (χ4v) is 2.24. The summed E-state index contributed by atoms with van der Waals surface area (Å²) in [5, 5.41) is 0. The summed E-state index contributed by atoms with van der Waals surface area (Å²) in [4.78, 5) is 4.07. The molecule has 5 N–H and O–H groups in total. The molecule has 1 atom stereocenters. The number of nitrogens with one attached hydrogen (secondary N) is 1. The second kappa shape index (κ2) is 5.34. The standard InChI is InChI=1S/C14H17FN4/c1-8-5-10(7-11(15)6-8)13(19-17)12-9(2)3-4-18-14(12)16/h3-7,13,19H,17H2,1-2H3,(H2,16,18). The van der Waals surface area contributed by atoms with Gasteiger partial charge in [-0.25, -0.2) is 14.8 Å². The lowest BCUT2D eigenvalue weighted by Crippen LogP contribution is -2.30. The number of aromatic nitrogens is 1. The number of hydrazine groups is 1. The lowest BCUT2D eigenvalue weighted by Gasteiger charge is -2.20. The molecule has 2 rings (SSSR count). The number of pyridine rings is 1. The zero-order valence-electron chi connectivity index (χ0n) is 10.9. The van der Waals surface area contributed by atoms with Crippen molar-refractivity contribution >= 4 is 5.82 Å². The van der Waals surface area contributed by atoms with E-state index >= 15 is 0 Å². The molecule has 0 bridgehead atoms. The fourth-order valence-electron chi connectivity index (χ4n) is 2.24. The van der Waals surface area contributed by atoms with Crippen molar-refractivity contribution in [1.82, 2.24) is 10.4 Å². The van der Waals surface area contributed by atoms with Gasteiger partial charge in [0.1, 0.15) is 11.6 Å². The molecule has 1 aromatic heterocycles. The van der Waals surface area contributed by atoms with Gasteiger partial charge in [0.25, 0.3) is 0 Å². The van der Waals surface area contributed by atoms with Gasteiger partial charge in [0, 0.05) is 11.8 Å². The van der Waals surface area contributed by atoms with Crippen molar-refractivity contribution in [2.45, 2.75) is 19.9 Å². The summed E-state index contributed by atoms with van der Waals surface area (Å²) in [6.45, 7) is 3.75. The van der Waals surface area contributed by atoms with Crippen LogP contribution >= 0.6 is 0 Å². The second-order valence-electron chi connectivity index (χ2n) is 4.59. The van der Waals surface area contributed by atoms with E-state index in [1.807, 2.05) is 26.0 Å². The molecule has 100 valence electrons. The van der Waals surface area contributed by atoms with Crippen LogP contribution in [0.2, 0.25) is 0 Å². The Morgan fingerprint density at radius 2 is 2.00 bits per heavy atom. The Kier molecular flexibility index (Phi) is 3.78. The Morgan fingerprint density at radius 3 is 2.58 bits per heavy atom. The molecule has 0 saturated heterocycles. The Morgan fingerprint density at radius 1 is 1.26 bits per heavy atom. The van der Waals surface area contributed by atoms with Crippen molar-refractivity contribution in [3.8, 4) is 0 Å². The van der Waals surface area contributed by atoms with E-state index in [0.29, 0.717) is 5.82 Å². The van der Waals surface area contributed by atoms with Gasteiger partial charge < -0.3 is 5.73 Å². The van der Waals surface area contributed by atoms with E-state index in [1.165, 1.54) is 12.1 Å². The molecular weight excluding hydrogens is 243 g/mol. The molecule has 0 radical (unpaired) electrons. The number of benzene rings is 1. The summed E-state index contributed by atoms with van der Waals surface area (Å²) >= 11 is 0. The molecule has 19 heavy (non-hydrogen) atoms. The largest absolute Gasteiger partial charge is 0.383 e. The summed E-state index contributed by atoms with van der Waals surface area (Å²) in [6.07, 6.45) is 1.64. The highest BCUT2D eigenvalue weighted by Crippen LogP contribution is 2.28. The Hall–Kier alpha value is -1.98. The third-order valence-electron chi connectivity index (χ3n) is 3.09. The monoisotopic (exact) mass is 260 g/mol. The average molecular weight is 260 g/mol. The van der Waals surface area contributed by atoms with Crippen molar-refractivity contribution in [3.63, 3.8) is 0 Å². The van der Waals surface area contributed by atoms with Gasteiger partial charge in [-0.1, -0.05) is 6.07 Å². The molecule has 0 spiro atoms. The maximum Gasteiger partial charge on any atom is 0.128 e. The zero-order chi connectivity index (χ0) is 14.0. The van der Waals surface area contributed by atoms with E-state index in [2.05, 4.69) is 10.4 Å². The molecule has 4 nitrogen and oxygen atoms in total. The van der Waals surface area contributed by atoms with Crippen LogP contribution in [0, 0.1) is 19.7 Å². The van der Waals surface area contributed by atoms with E-state index in [-0.39, 0.29) is 11.9 Å². The summed E-state index contributed by atoms with van der Waals surface area (Å²) in [5.41, 5.74) is 11.9. The van der Waals surface area contributed by atoms with Crippen LogP contribution in [0.3, 0.4) is 0 Å². The SMILES string of the molecule is Cc1cc(F)cc(C(NN)c2c(C)ccnc2N)c1. The predicted molar refractivity (Wildman–Crippen MR) is 73.7 cm³/mol. The van der Waals surface area contributed by atoms with Gasteiger partial charge in [-0.3, -0.25) is 5.84 Å². The quantitative estimate of drug-likeness (QED) is 0.582. The number of nitrogens with zero attached hydrogens (tertiary/aromatic N) is 1. The normalized spacial score (nSPS) is 12.4. The van der Waals surface area contributed by atoms with Crippen molar-refractivity contribution in [3.05, 3.63) is 58.5 Å². The smallest absolute Gasteiger partial charge is 0.128 e. The minimum Gasteiger partial charge on any atom is -0.383 e. The van der Waals surface area contributed by atoms with E-state index in [4.69, 9.17) is 11.6 Å². The first-order valence-corrected chi connectivity index (χ1v) is 5.97. The van der Waals surface area contributed by atoms with E-state index in [1.54, 1.807) is 6.20 Å². The maximum atomic E-state index is 13.5. The van der Waals surface area contributed by atoms with Gasteiger partial charge in [0.2, 0.25) is 0 Å². The minimum absolute atomic E-state index is 0.296. The molecule has 0 aliphatic carbocycles. The second-order valence-corrected chi connectivity index (χ2v) is 4.59. The Balaban J connectivity index is 2.56. The highest BCUT2D eigenvalue weighted by molar-refractivity contribution is 5.50. The highest BCUT2D eigenvalue weighted by atomic mass is 19.1. The molecule has 5 heteroatoms. The predicted octanol–water partition coefficient (Wildman–Crippen LogP) is 1.97. The number of nitrogen functional groups attached to an aromatic ring is 1. The van der Waals surface area contributed by atoms with Gasteiger partial charge in [-0.15, -0.1) is 0 Å². The van der Waals surface area contributed by atoms with Crippen LogP contribution in [0.15, 0.2) is 30.5 Å². The third kappa shape index (κ3) is 2.72. The van der Waals surface area contributed by atoms with Gasteiger partial charge in [-0.05, 0) is 48.7 Å². The molecule has 1 heterocycles. The fraction of sp³-hybridized carbons (Fsp3) is 0.214. The van der Waals surface area contributed by atoms with Crippen LogP contribution < -0.4 is 17.0 Å². The van der Waals surface area contributed by atoms with Crippen LogP contribution in [0.5, 0.6) is 0 Å². The summed E-state index contributed by atoms with van der Waals surface area (Å²) in [7, 11) is 0. The molecule has 1 aromatic carbocycles. The number of hydrogen-bond acceptors (Lipinski definition) is 4. The van der Waals surface area contributed by atoms with Crippen LogP contribution in [0.25, 0.3) is 0 Å². The Labute approximate surface area is 111 Å². The topological polar surface area (TPSA) is 77.0 Å². The van der Waals surface area contributed by atoms with Gasteiger partial charge in [0.15, 0.2) is 0 Å². The minimum atomic E-state index is -0.386. The first-order valence-electron chi connectivity index (χ1n) is 5.97. The number of aryl methyl sites for hydroxylation is 2. The first kappa shape index (κ1) is 13.5. The van der Waals surface area contributed by atoms with Crippen molar-refractivity contribution in [2.75, 3.05) is 5.73 Å². The molecule has 0 aliphatic heterocycles. The lowest BCUT2D eigenvalue weighted by atomic mass is 9.95. The number of anilines is 1. The van der Waals surface area contributed by atoms with Crippen LogP contribution in [-0.4, -0.2) is 4.98 Å². The molecule has 1 unspecified atom stereocenters. The maximum absolute atomic E-state index is 13.5. The third-order valence-corrected chi connectivity index (χ3v) is 3.09. The number of nitrogens with two attached hydrogens (primary N) is 2. The van der Waals surface area contributed by atoms with Gasteiger partial charge in [0.05, 0.1) is 6.04 Å². The lowest BCUT2D eigenvalue weighted by molar-refractivity contribution is 0.602.